The van der Waals surface area contributed by atoms with Gasteiger partial charge in [-0.15, -0.1) is 5.11 Å². The first-order valence-electron chi connectivity index (χ1n) is 7.79. The molecular weight excluding hydrogens is 292 g/mol. The molecule has 0 unspecified atom stereocenters. The minimum absolute atomic E-state index is 0.0553. The standard InChI is InChI=1S/C17H20N4O2/c1-12(22)17-16(19-18-14-6-4-3-5-7-14)15(20-21(17)2)13-8-10-23-11-9-13/h3-7,13H,8-11H2,1-2H3/b19-18+. The molecule has 2 aromatic rings. The van der Waals surface area contributed by atoms with Crippen LogP contribution >= 0.6 is 0 Å². The summed E-state index contributed by atoms with van der Waals surface area (Å²) in [6, 6.07) is 9.49. The van der Waals surface area contributed by atoms with Crippen LogP contribution in [0.5, 0.6) is 0 Å². The molecule has 6 heteroatoms. The maximum atomic E-state index is 12.0. The van der Waals surface area contributed by atoms with Crippen molar-refractivity contribution in [3.05, 3.63) is 41.7 Å². The lowest BCUT2D eigenvalue weighted by Crippen LogP contribution is -2.14. The molecule has 0 bridgehead atoms. The average molecular weight is 312 g/mol. The first kappa shape index (κ1) is 15.6. The van der Waals surface area contributed by atoms with Gasteiger partial charge in [0.05, 0.1) is 11.4 Å². The zero-order valence-corrected chi connectivity index (χ0v) is 13.4. The number of carbonyl (C=O) groups is 1. The highest BCUT2D eigenvalue weighted by Crippen LogP contribution is 2.36. The van der Waals surface area contributed by atoms with Gasteiger partial charge in [-0.2, -0.15) is 10.2 Å². The molecule has 0 spiro atoms. The topological polar surface area (TPSA) is 68.8 Å². The summed E-state index contributed by atoms with van der Waals surface area (Å²) in [6.07, 6.45) is 1.78. The maximum absolute atomic E-state index is 12.0. The van der Waals surface area contributed by atoms with Crippen molar-refractivity contribution >= 4 is 17.2 Å². The van der Waals surface area contributed by atoms with Gasteiger partial charge in [-0.25, -0.2) is 0 Å². The van der Waals surface area contributed by atoms with E-state index in [2.05, 4.69) is 15.3 Å². The number of benzene rings is 1. The highest BCUT2D eigenvalue weighted by molar-refractivity contribution is 5.97. The van der Waals surface area contributed by atoms with Gasteiger partial charge < -0.3 is 4.74 Å². The van der Waals surface area contributed by atoms with Crippen LogP contribution in [-0.4, -0.2) is 28.8 Å². The Hall–Kier alpha value is -2.34. The molecule has 120 valence electrons. The van der Waals surface area contributed by atoms with Crippen molar-refractivity contribution in [2.45, 2.75) is 25.7 Å². The molecule has 0 amide bonds. The van der Waals surface area contributed by atoms with Gasteiger partial charge in [0.25, 0.3) is 0 Å². The van der Waals surface area contributed by atoms with Crippen LogP contribution < -0.4 is 0 Å². The number of ketones is 1. The van der Waals surface area contributed by atoms with E-state index in [9.17, 15) is 4.79 Å². The second-order valence-electron chi connectivity index (χ2n) is 5.68. The molecule has 1 saturated heterocycles. The van der Waals surface area contributed by atoms with Gasteiger partial charge in [-0.3, -0.25) is 9.48 Å². The van der Waals surface area contributed by atoms with Crippen LogP contribution in [0.2, 0.25) is 0 Å². The molecular formula is C17H20N4O2. The van der Waals surface area contributed by atoms with Crippen molar-refractivity contribution in [1.29, 1.82) is 0 Å². The van der Waals surface area contributed by atoms with E-state index in [1.54, 1.807) is 11.7 Å². The van der Waals surface area contributed by atoms with Gasteiger partial charge >= 0.3 is 0 Å². The molecule has 6 nitrogen and oxygen atoms in total. The Balaban J connectivity index is 2.01. The first-order valence-corrected chi connectivity index (χ1v) is 7.79. The van der Waals surface area contributed by atoms with Crippen molar-refractivity contribution < 1.29 is 9.53 Å². The SMILES string of the molecule is CC(=O)c1c(/N=N/c2ccccc2)c(C2CCOCC2)nn1C. The fourth-order valence-corrected chi connectivity index (χ4v) is 2.88. The molecule has 1 aliphatic heterocycles. The van der Waals surface area contributed by atoms with Gasteiger partial charge in [-0.05, 0) is 25.0 Å². The predicted octanol–water partition coefficient (Wildman–Crippen LogP) is 3.93. The number of Topliss-reactive ketones (excluding diaryl/α,β-unsaturated/α-hetero) is 1. The smallest absolute Gasteiger partial charge is 0.180 e. The third kappa shape index (κ3) is 3.37. The van der Waals surface area contributed by atoms with Crippen molar-refractivity contribution in [2.24, 2.45) is 17.3 Å². The molecule has 2 heterocycles. The number of nitrogens with zero attached hydrogens (tertiary/aromatic N) is 4. The Kier molecular flexibility index (Phi) is 4.62. The molecule has 3 rings (SSSR count). The van der Waals surface area contributed by atoms with Crippen molar-refractivity contribution in [3.8, 4) is 0 Å². The third-order valence-corrected chi connectivity index (χ3v) is 4.01. The first-order chi connectivity index (χ1) is 11.2. The Labute approximate surface area is 135 Å². The molecule has 0 atom stereocenters. The van der Waals surface area contributed by atoms with E-state index in [0.29, 0.717) is 24.6 Å². The van der Waals surface area contributed by atoms with E-state index in [1.165, 1.54) is 6.92 Å². The van der Waals surface area contributed by atoms with Crippen LogP contribution in [0.25, 0.3) is 0 Å². The number of rotatable bonds is 4. The number of hydrogen-bond donors (Lipinski definition) is 0. The number of hydrogen-bond acceptors (Lipinski definition) is 5. The summed E-state index contributed by atoms with van der Waals surface area (Å²) in [6.45, 7) is 2.96. The summed E-state index contributed by atoms with van der Waals surface area (Å²) in [4.78, 5) is 12.0. The summed E-state index contributed by atoms with van der Waals surface area (Å²) in [5.41, 5.74) is 2.70. The minimum Gasteiger partial charge on any atom is -0.381 e. The summed E-state index contributed by atoms with van der Waals surface area (Å²) < 4.78 is 7.04. The quantitative estimate of drug-likeness (QED) is 0.634. The van der Waals surface area contributed by atoms with Crippen molar-refractivity contribution in [2.75, 3.05) is 13.2 Å². The van der Waals surface area contributed by atoms with Gasteiger partial charge in [-0.1, -0.05) is 18.2 Å². The van der Waals surface area contributed by atoms with Gasteiger partial charge in [0.15, 0.2) is 5.78 Å². The lowest BCUT2D eigenvalue weighted by atomic mass is 9.95. The van der Waals surface area contributed by atoms with E-state index in [-0.39, 0.29) is 11.7 Å². The second kappa shape index (κ2) is 6.83. The molecule has 0 N–H and O–H groups in total. The Morgan fingerprint density at radius 2 is 1.91 bits per heavy atom. The van der Waals surface area contributed by atoms with E-state index < -0.39 is 0 Å². The number of azo groups is 1. The van der Waals surface area contributed by atoms with Crippen LogP contribution in [0.1, 0.15) is 41.9 Å². The number of aryl methyl sites for hydroxylation is 1. The largest absolute Gasteiger partial charge is 0.381 e. The van der Waals surface area contributed by atoms with Gasteiger partial charge in [0.2, 0.25) is 0 Å². The molecule has 23 heavy (non-hydrogen) atoms. The Bertz CT molecular complexity index is 716. The molecule has 1 aromatic carbocycles. The average Bonchev–Trinajstić information content (AvgIpc) is 2.91. The van der Waals surface area contributed by atoms with E-state index in [4.69, 9.17) is 4.74 Å². The third-order valence-electron chi connectivity index (χ3n) is 4.01. The van der Waals surface area contributed by atoms with E-state index in [1.807, 2.05) is 30.3 Å². The number of ether oxygens (including phenoxy) is 1. The molecule has 0 radical (unpaired) electrons. The molecule has 1 fully saturated rings. The fraction of sp³-hybridized carbons (Fsp3) is 0.412. The Morgan fingerprint density at radius 3 is 2.57 bits per heavy atom. The Morgan fingerprint density at radius 1 is 1.22 bits per heavy atom. The summed E-state index contributed by atoms with van der Waals surface area (Å²) in [5.74, 6) is 0.202. The van der Waals surface area contributed by atoms with Crippen molar-refractivity contribution in [1.82, 2.24) is 9.78 Å². The maximum Gasteiger partial charge on any atom is 0.180 e. The lowest BCUT2D eigenvalue weighted by molar-refractivity contribution is 0.0845. The van der Waals surface area contributed by atoms with Crippen molar-refractivity contribution in [3.63, 3.8) is 0 Å². The van der Waals surface area contributed by atoms with Crippen LogP contribution in [0, 0.1) is 0 Å². The van der Waals surface area contributed by atoms with E-state index >= 15 is 0 Å². The molecule has 0 aliphatic carbocycles. The minimum atomic E-state index is -0.0553. The fourth-order valence-electron chi connectivity index (χ4n) is 2.88. The highest BCUT2D eigenvalue weighted by atomic mass is 16.5. The predicted molar refractivity (Wildman–Crippen MR) is 86.6 cm³/mol. The van der Waals surface area contributed by atoms with Crippen LogP contribution in [-0.2, 0) is 11.8 Å². The summed E-state index contributed by atoms with van der Waals surface area (Å²) in [5, 5.41) is 13.2. The molecule has 0 saturated carbocycles. The highest BCUT2D eigenvalue weighted by Gasteiger charge is 2.27. The van der Waals surface area contributed by atoms with E-state index in [0.717, 1.165) is 24.2 Å². The van der Waals surface area contributed by atoms with Crippen LogP contribution in [0.15, 0.2) is 40.6 Å². The number of carbonyl (C=O) groups excluding carboxylic acids is 1. The zero-order chi connectivity index (χ0) is 16.2. The lowest BCUT2D eigenvalue weighted by Gasteiger charge is -2.20. The van der Waals surface area contributed by atoms with Gasteiger partial charge in [0, 0.05) is 33.1 Å². The summed E-state index contributed by atoms with van der Waals surface area (Å²) >= 11 is 0. The van der Waals surface area contributed by atoms with Crippen LogP contribution in [0.3, 0.4) is 0 Å². The normalized spacial score (nSPS) is 16.1. The second-order valence-corrected chi connectivity index (χ2v) is 5.68. The molecule has 1 aromatic heterocycles. The summed E-state index contributed by atoms with van der Waals surface area (Å²) in [7, 11) is 1.78. The van der Waals surface area contributed by atoms with Gasteiger partial charge in [0.1, 0.15) is 11.4 Å². The number of aromatic nitrogens is 2. The monoisotopic (exact) mass is 312 g/mol. The molecule has 1 aliphatic rings. The zero-order valence-electron chi connectivity index (χ0n) is 13.4. The van der Waals surface area contributed by atoms with Crippen LogP contribution in [0.4, 0.5) is 11.4 Å².